The lowest BCUT2D eigenvalue weighted by Gasteiger charge is -2.40. The number of likely N-dealkylation sites (N-methyl/N-ethyl adjacent to an activating group) is 1. The summed E-state index contributed by atoms with van der Waals surface area (Å²) in [7, 11) is 1.65. The number of halogens is 4. The van der Waals surface area contributed by atoms with Crippen molar-refractivity contribution in [2.45, 2.75) is 44.3 Å². The Morgan fingerprint density at radius 2 is 2.02 bits per heavy atom. The minimum Gasteiger partial charge on any atom is -0.489 e. The van der Waals surface area contributed by atoms with Gasteiger partial charge in [-0.1, -0.05) is 30.3 Å². The van der Waals surface area contributed by atoms with E-state index in [4.69, 9.17) is 21.3 Å². The molecule has 3 aliphatic heterocycles. The van der Waals surface area contributed by atoms with Crippen LogP contribution in [0.15, 0.2) is 36.9 Å². The molecule has 8 nitrogen and oxygen atoms in total. The van der Waals surface area contributed by atoms with E-state index in [9.17, 15) is 18.4 Å². The largest absolute Gasteiger partial charge is 0.489 e. The first-order chi connectivity index (χ1) is 19.4. The van der Waals surface area contributed by atoms with Gasteiger partial charge in [0.15, 0.2) is 5.75 Å². The van der Waals surface area contributed by atoms with Gasteiger partial charge in [0.05, 0.1) is 18.3 Å². The number of ether oxygens (including phenoxy) is 1. The second-order valence-electron chi connectivity index (χ2n) is 11.3. The molecule has 5 rings (SSSR count). The maximum atomic E-state index is 15.0. The molecule has 1 aromatic heterocycles. The molecule has 12 heteroatoms. The van der Waals surface area contributed by atoms with Crippen molar-refractivity contribution in [2.24, 2.45) is 0 Å². The lowest BCUT2D eigenvalue weighted by Crippen LogP contribution is -2.57. The Morgan fingerprint density at radius 1 is 1.29 bits per heavy atom. The topological polar surface area (TPSA) is 69.2 Å². The monoisotopic (exact) mass is 591 g/mol. The van der Waals surface area contributed by atoms with Gasteiger partial charge in [-0.3, -0.25) is 14.5 Å². The highest BCUT2D eigenvalue weighted by Gasteiger charge is 2.46. The molecule has 0 aliphatic carbocycles. The molecule has 0 bridgehead atoms. The Bertz CT molecular complexity index is 1370. The summed E-state index contributed by atoms with van der Waals surface area (Å²) in [5.41, 5.74) is -0.185. The van der Waals surface area contributed by atoms with Gasteiger partial charge in [0, 0.05) is 43.3 Å². The van der Waals surface area contributed by atoms with Gasteiger partial charge in [0.2, 0.25) is 5.91 Å². The van der Waals surface area contributed by atoms with E-state index >= 15 is 4.39 Å². The standard InChI is InChI=1S/C29H33ClF3N5O3/c1-5-22(39)36-10-11-37-18(13-36)16-41-26-23(28(37)40)27(34-25(24(26)30)19-8-6-7-9-20(19)31)38-14-17(12-29(38,2)3)35(4)15-21(32)33/h5-9,17-18,21H,1,10-16H2,2-4H3/t17-,18+/m0/s1. The van der Waals surface area contributed by atoms with Crippen LogP contribution in [0, 0.1) is 5.82 Å². The zero-order valence-corrected chi connectivity index (χ0v) is 24.0. The summed E-state index contributed by atoms with van der Waals surface area (Å²) in [6.45, 7) is 8.29. The number of hydrogen-bond donors (Lipinski definition) is 0. The number of amides is 2. The minimum absolute atomic E-state index is 0.00411. The van der Waals surface area contributed by atoms with E-state index in [0.717, 1.165) is 0 Å². The van der Waals surface area contributed by atoms with Crippen LogP contribution in [0.5, 0.6) is 5.75 Å². The Kier molecular flexibility index (Phi) is 7.95. The van der Waals surface area contributed by atoms with Crippen LogP contribution in [0.4, 0.5) is 19.0 Å². The van der Waals surface area contributed by atoms with Crippen LogP contribution in [-0.2, 0) is 4.79 Å². The zero-order chi connectivity index (χ0) is 29.6. The number of hydrogen-bond acceptors (Lipinski definition) is 6. The number of rotatable bonds is 6. The quantitative estimate of drug-likeness (QED) is 0.466. The molecule has 0 N–H and O–H groups in total. The third-order valence-corrected chi connectivity index (χ3v) is 8.58. The van der Waals surface area contributed by atoms with Crippen molar-refractivity contribution < 1.29 is 27.5 Å². The predicted molar refractivity (Wildman–Crippen MR) is 150 cm³/mol. The van der Waals surface area contributed by atoms with Crippen molar-refractivity contribution in [2.75, 3.05) is 51.3 Å². The number of aromatic nitrogens is 1. The number of benzene rings is 1. The fraction of sp³-hybridized carbons (Fsp3) is 0.483. The summed E-state index contributed by atoms with van der Waals surface area (Å²) in [5, 5.41) is 0.00411. The second kappa shape index (κ2) is 11.2. The molecular weight excluding hydrogens is 559 g/mol. The molecule has 220 valence electrons. The molecule has 4 heterocycles. The van der Waals surface area contributed by atoms with Crippen molar-refractivity contribution >= 4 is 29.2 Å². The molecule has 0 unspecified atom stereocenters. The van der Waals surface area contributed by atoms with E-state index in [-0.39, 0.29) is 71.0 Å². The normalized spacial score (nSPS) is 22.0. The van der Waals surface area contributed by atoms with Gasteiger partial charge in [0.25, 0.3) is 12.3 Å². The number of nitrogens with zero attached hydrogens (tertiary/aromatic N) is 5. The van der Waals surface area contributed by atoms with Crippen LogP contribution in [0.2, 0.25) is 5.02 Å². The molecule has 2 fully saturated rings. The maximum absolute atomic E-state index is 15.0. The fourth-order valence-corrected chi connectivity index (χ4v) is 6.34. The number of pyridine rings is 1. The van der Waals surface area contributed by atoms with E-state index in [2.05, 4.69) is 6.58 Å². The molecule has 2 amide bonds. The van der Waals surface area contributed by atoms with Crippen molar-refractivity contribution in [3.63, 3.8) is 0 Å². The van der Waals surface area contributed by atoms with Gasteiger partial charge in [-0.25, -0.2) is 18.2 Å². The van der Waals surface area contributed by atoms with Crippen molar-refractivity contribution in [3.05, 3.63) is 53.3 Å². The van der Waals surface area contributed by atoms with Gasteiger partial charge in [0.1, 0.15) is 28.8 Å². The molecule has 0 saturated carbocycles. The van der Waals surface area contributed by atoms with Crippen molar-refractivity contribution in [1.82, 2.24) is 19.7 Å². The average Bonchev–Trinajstić information content (AvgIpc) is 3.17. The molecule has 0 radical (unpaired) electrons. The van der Waals surface area contributed by atoms with Crippen LogP contribution in [0.3, 0.4) is 0 Å². The second-order valence-corrected chi connectivity index (χ2v) is 11.7. The molecule has 2 aromatic rings. The van der Waals surface area contributed by atoms with Gasteiger partial charge in [-0.15, -0.1) is 0 Å². The van der Waals surface area contributed by atoms with E-state index in [1.54, 1.807) is 39.9 Å². The lowest BCUT2D eigenvalue weighted by molar-refractivity contribution is -0.128. The number of carbonyl (C=O) groups is 2. The van der Waals surface area contributed by atoms with Gasteiger partial charge in [-0.2, -0.15) is 0 Å². The number of fused-ring (bicyclic) bond motifs is 2. The van der Waals surface area contributed by atoms with E-state index < -0.39 is 30.4 Å². The van der Waals surface area contributed by atoms with Crippen LogP contribution in [0.1, 0.15) is 30.6 Å². The van der Waals surface area contributed by atoms with Crippen LogP contribution in [0.25, 0.3) is 11.3 Å². The van der Waals surface area contributed by atoms with Crippen molar-refractivity contribution in [1.29, 1.82) is 0 Å². The molecule has 41 heavy (non-hydrogen) atoms. The smallest absolute Gasteiger partial charge is 0.261 e. The molecule has 1 aromatic carbocycles. The molecule has 2 atom stereocenters. The van der Waals surface area contributed by atoms with Gasteiger partial charge in [-0.05, 0) is 45.5 Å². The van der Waals surface area contributed by atoms with Crippen LogP contribution >= 0.6 is 11.6 Å². The molecule has 0 spiro atoms. The molecule has 3 aliphatic rings. The average molecular weight is 592 g/mol. The SMILES string of the molecule is C=CC(=O)N1CCN2C(=O)c3c(N4C[C@@H](N(C)CC(F)F)CC4(C)C)nc(-c4ccccc4F)c(Cl)c3OC[C@H]2C1. The van der Waals surface area contributed by atoms with Crippen molar-refractivity contribution in [3.8, 4) is 17.0 Å². The summed E-state index contributed by atoms with van der Waals surface area (Å²) in [5.74, 6) is -0.789. The first kappa shape index (κ1) is 29.2. The highest BCUT2D eigenvalue weighted by atomic mass is 35.5. The highest BCUT2D eigenvalue weighted by Crippen LogP contribution is 2.47. The first-order valence-electron chi connectivity index (χ1n) is 13.5. The maximum Gasteiger partial charge on any atom is 0.261 e. The number of anilines is 1. The third-order valence-electron chi connectivity index (χ3n) is 8.23. The third kappa shape index (κ3) is 5.37. The zero-order valence-electron chi connectivity index (χ0n) is 23.2. The van der Waals surface area contributed by atoms with Crippen LogP contribution < -0.4 is 9.64 Å². The minimum atomic E-state index is -2.49. The summed E-state index contributed by atoms with van der Waals surface area (Å²) in [6, 6.07) is 5.36. The lowest BCUT2D eigenvalue weighted by atomic mass is 9.98. The van der Waals surface area contributed by atoms with Gasteiger partial charge < -0.3 is 19.4 Å². The Balaban J connectivity index is 1.64. The summed E-state index contributed by atoms with van der Waals surface area (Å²) < 4.78 is 47.7. The highest BCUT2D eigenvalue weighted by molar-refractivity contribution is 6.35. The Morgan fingerprint density at radius 3 is 2.71 bits per heavy atom. The molecular formula is C29H33ClF3N5O3. The van der Waals surface area contributed by atoms with E-state index in [1.807, 2.05) is 18.7 Å². The van der Waals surface area contributed by atoms with Gasteiger partial charge >= 0.3 is 0 Å². The Labute approximate surface area is 242 Å². The fourth-order valence-electron chi connectivity index (χ4n) is 6.05. The number of alkyl halides is 2. The summed E-state index contributed by atoms with van der Waals surface area (Å²) in [6.07, 6.45) is -0.724. The molecule has 2 saturated heterocycles. The van der Waals surface area contributed by atoms with E-state index in [1.165, 1.54) is 12.1 Å². The first-order valence-corrected chi connectivity index (χ1v) is 13.9. The predicted octanol–water partition coefficient (Wildman–Crippen LogP) is 4.33. The number of piperazine rings is 1. The number of carbonyl (C=O) groups excluding carboxylic acids is 2. The summed E-state index contributed by atoms with van der Waals surface area (Å²) >= 11 is 6.84. The van der Waals surface area contributed by atoms with E-state index in [0.29, 0.717) is 19.5 Å². The van der Waals surface area contributed by atoms with Crippen LogP contribution in [-0.4, -0.2) is 102 Å². The summed E-state index contributed by atoms with van der Waals surface area (Å²) in [4.78, 5) is 38.2. The Hall–Kier alpha value is -3.31.